The number of rotatable bonds is 7. The van der Waals surface area contributed by atoms with Crippen molar-refractivity contribution in [2.75, 3.05) is 7.11 Å². The molecule has 0 aliphatic rings. The summed E-state index contributed by atoms with van der Waals surface area (Å²) in [7, 11) is 1.28. The van der Waals surface area contributed by atoms with Crippen molar-refractivity contribution in [3.8, 4) is 5.88 Å². The third-order valence-electron chi connectivity index (χ3n) is 6.26. The number of halogens is 8. The molecule has 1 N–H and O–H groups in total. The first kappa shape index (κ1) is 29.5. The number of carbonyl (C=O) groups excluding carboxylic acids is 1. The fourth-order valence-electron chi connectivity index (χ4n) is 4.34. The van der Waals surface area contributed by atoms with Crippen molar-refractivity contribution in [1.29, 1.82) is 0 Å². The van der Waals surface area contributed by atoms with Crippen molar-refractivity contribution in [2.24, 2.45) is 0 Å². The summed E-state index contributed by atoms with van der Waals surface area (Å²) in [6, 6.07) is 15.5. The Morgan fingerprint density at radius 3 is 2.10 bits per heavy atom. The number of pyridine rings is 1. The molecule has 4 nitrogen and oxygen atoms in total. The van der Waals surface area contributed by atoms with E-state index < -0.39 is 52.1 Å². The van der Waals surface area contributed by atoms with Gasteiger partial charge in [-0.05, 0) is 53.6 Å². The molecule has 1 unspecified atom stereocenters. The summed E-state index contributed by atoms with van der Waals surface area (Å²) in [5.74, 6) is -4.16. The second kappa shape index (κ2) is 11.2. The van der Waals surface area contributed by atoms with E-state index in [0.717, 1.165) is 12.1 Å². The zero-order valence-corrected chi connectivity index (χ0v) is 21.1. The van der Waals surface area contributed by atoms with E-state index in [0.29, 0.717) is 23.8 Å². The molecule has 0 radical (unpaired) electrons. The largest absolute Gasteiger partial charge is 0.481 e. The molecule has 41 heavy (non-hydrogen) atoms. The fourth-order valence-corrected chi connectivity index (χ4v) is 4.34. The zero-order chi connectivity index (χ0) is 30.0. The number of ether oxygens (including phenoxy) is 1. The average molecular weight is 580 g/mol. The predicted octanol–water partition coefficient (Wildman–Crippen LogP) is 7.32. The van der Waals surface area contributed by atoms with Crippen molar-refractivity contribution in [3.63, 3.8) is 0 Å². The Morgan fingerprint density at radius 2 is 1.49 bits per heavy atom. The lowest BCUT2D eigenvalue weighted by Gasteiger charge is -2.36. The molecule has 1 aromatic heterocycles. The summed E-state index contributed by atoms with van der Waals surface area (Å²) in [4.78, 5) is 17.8. The van der Waals surface area contributed by atoms with Crippen LogP contribution in [0.15, 0.2) is 84.9 Å². The molecular weight excluding hydrogens is 560 g/mol. The molecule has 0 spiro atoms. The third kappa shape index (κ3) is 6.47. The van der Waals surface area contributed by atoms with Crippen molar-refractivity contribution >= 4 is 5.91 Å². The van der Waals surface area contributed by atoms with Crippen LogP contribution < -0.4 is 10.1 Å². The van der Waals surface area contributed by atoms with E-state index in [9.17, 15) is 39.9 Å². The lowest BCUT2D eigenvalue weighted by atomic mass is 9.79. The maximum Gasteiger partial charge on any atom is 0.419 e. The van der Waals surface area contributed by atoms with Crippen LogP contribution in [0, 0.1) is 11.6 Å². The Bertz CT molecular complexity index is 1550. The maximum atomic E-state index is 14.7. The molecular formula is C29H20F8N2O2. The summed E-state index contributed by atoms with van der Waals surface area (Å²) >= 11 is 0. The molecule has 214 valence electrons. The number of carbonyl (C=O) groups is 1. The van der Waals surface area contributed by atoms with E-state index in [2.05, 4.69) is 10.3 Å². The lowest BCUT2D eigenvalue weighted by Crippen LogP contribution is -2.49. The number of nitrogens with zero attached hydrogens (tertiary/aromatic N) is 1. The Kier molecular flexibility index (Phi) is 8.05. The minimum absolute atomic E-state index is 0.00204. The minimum atomic E-state index is -5.03. The monoisotopic (exact) mass is 580 g/mol. The van der Waals surface area contributed by atoms with E-state index in [1.54, 1.807) is 30.3 Å². The van der Waals surface area contributed by atoms with Crippen LogP contribution in [0.25, 0.3) is 0 Å². The summed E-state index contributed by atoms with van der Waals surface area (Å²) in [6.45, 7) is 0. The summed E-state index contributed by atoms with van der Waals surface area (Å²) in [6.07, 6.45) is -10.3. The van der Waals surface area contributed by atoms with E-state index in [1.807, 2.05) is 0 Å². The molecule has 1 amide bonds. The van der Waals surface area contributed by atoms with Crippen LogP contribution in [0.1, 0.15) is 38.3 Å². The van der Waals surface area contributed by atoms with Gasteiger partial charge >= 0.3 is 12.4 Å². The molecule has 4 rings (SSSR count). The van der Waals surface area contributed by atoms with Gasteiger partial charge in [-0.2, -0.15) is 26.3 Å². The van der Waals surface area contributed by atoms with Crippen LogP contribution in [0.5, 0.6) is 5.88 Å². The van der Waals surface area contributed by atoms with Gasteiger partial charge < -0.3 is 10.1 Å². The van der Waals surface area contributed by atoms with Gasteiger partial charge in [0.1, 0.15) is 17.2 Å². The van der Waals surface area contributed by atoms with Gasteiger partial charge in [0.15, 0.2) is 0 Å². The molecule has 0 aliphatic heterocycles. The van der Waals surface area contributed by atoms with Crippen LogP contribution in [-0.2, 0) is 24.3 Å². The molecule has 0 bridgehead atoms. The summed E-state index contributed by atoms with van der Waals surface area (Å²) in [5, 5.41) is 2.53. The molecule has 1 heterocycles. The van der Waals surface area contributed by atoms with E-state index in [-0.39, 0.29) is 29.6 Å². The van der Waals surface area contributed by atoms with E-state index in [1.165, 1.54) is 25.3 Å². The molecule has 0 fully saturated rings. The first-order valence-corrected chi connectivity index (χ1v) is 11.9. The van der Waals surface area contributed by atoms with Crippen LogP contribution in [-0.4, -0.2) is 18.0 Å². The number of aromatic nitrogens is 1. The van der Waals surface area contributed by atoms with Crippen molar-refractivity contribution in [3.05, 3.63) is 130 Å². The number of benzene rings is 3. The van der Waals surface area contributed by atoms with Gasteiger partial charge in [-0.3, -0.25) is 4.79 Å². The van der Waals surface area contributed by atoms with Crippen molar-refractivity contribution in [2.45, 2.75) is 24.3 Å². The van der Waals surface area contributed by atoms with E-state index >= 15 is 0 Å². The molecule has 3 aromatic carbocycles. The Hall–Kier alpha value is -4.48. The number of nitrogens with one attached hydrogen (secondary N) is 1. The SMILES string of the molecule is COc1cccc(C(Cc2ccccc2)(NC(=O)c2ccc(C(F)(F)F)c(F)c2)c2cc(F)cc(C(F)(F)F)c2)n1. The van der Waals surface area contributed by atoms with Crippen LogP contribution in [0.2, 0.25) is 0 Å². The molecule has 0 saturated carbocycles. The Balaban J connectivity index is 1.98. The predicted molar refractivity (Wildman–Crippen MR) is 132 cm³/mol. The number of hydrogen-bond donors (Lipinski definition) is 1. The molecule has 4 aromatic rings. The number of amides is 1. The van der Waals surface area contributed by atoms with Gasteiger partial charge in [-0.1, -0.05) is 36.4 Å². The average Bonchev–Trinajstić information content (AvgIpc) is 2.91. The van der Waals surface area contributed by atoms with Gasteiger partial charge in [0.25, 0.3) is 5.91 Å². The highest BCUT2D eigenvalue weighted by molar-refractivity contribution is 5.95. The number of methoxy groups -OCH3 is 1. The van der Waals surface area contributed by atoms with Gasteiger partial charge in [0.2, 0.25) is 5.88 Å². The fraction of sp³-hybridized carbons (Fsp3) is 0.172. The van der Waals surface area contributed by atoms with Crippen molar-refractivity contribution < 1.29 is 44.7 Å². The van der Waals surface area contributed by atoms with Gasteiger partial charge in [0, 0.05) is 18.1 Å². The highest BCUT2D eigenvalue weighted by Gasteiger charge is 2.42. The lowest BCUT2D eigenvalue weighted by molar-refractivity contribution is -0.140. The van der Waals surface area contributed by atoms with Crippen LogP contribution in [0.3, 0.4) is 0 Å². The Morgan fingerprint density at radius 1 is 0.805 bits per heavy atom. The highest BCUT2D eigenvalue weighted by Crippen LogP contribution is 2.39. The van der Waals surface area contributed by atoms with Gasteiger partial charge in [0.05, 0.1) is 23.9 Å². The first-order chi connectivity index (χ1) is 19.2. The number of hydrogen-bond acceptors (Lipinski definition) is 3. The smallest absolute Gasteiger partial charge is 0.419 e. The first-order valence-electron chi connectivity index (χ1n) is 11.9. The van der Waals surface area contributed by atoms with Gasteiger partial charge in [-0.15, -0.1) is 0 Å². The topological polar surface area (TPSA) is 51.2 Å². The van der Waals surface area contributed by atoms with E-state index in [4.69, 9.17) is 4.74 Å². The number of alkyl halides is 6. The normalized spacial score (nSPS) is 13.4. The molecule has 1 atom stereocenters. The Labute approximate surface area is 228 Å². The third-order valence-corrected chi connectivity index (χ3v) is 6.26. The second-order valence-electron chi connectivity index (χ2n) is 9.01. The molecule has 12 heteroatoms. The maximum absolute atomic E-state index is 14.7. The van der Waals surface area contributed by atoms with Gasteiger partial charge in [-0.25, -0.2) is 13.8 Å². The molecule has 0 aliphatic carbocycles. The standard InChI is InChI=1S/C29H20F8N2O2/c1-41-25-9-5-8-24(38-25)27(16-17-6-3-2-4-7-17,19-13-20(28(32,33)34)15-21(30)14-19)39-26(40)18-10-11-22(23(31)12-18)29(35,36)37/h2-15H,16H2,1H3,(H,39,40). The second-order valence-corrected chi connectivity index (χ2v) is 9.01. The summed E-state index contributed by atoms with van der Waals surface area (Å²) in [5.41, 5.74) is -5.58. The van der Waals surface area contributed by atoms with Crippen LogP contribution in [0.4, 0.5) is 35.1 Å². The zero-order valence-electron chi connectivity index (χ0n) is 21.1. The minimum Gasteiger partial charge on any atom is -0.481 e. The quantitative estimate of drug-likeness (QED) is 0.233. The highest BCUT2D eigenvalue weighted by atomic mass is 19.4. The van der Waals surface area contributed by atoms with Crippen LogP contribution >= 0.6 is 0 Å². The van der Waals surface area contributed by atoms with Crippen molar-refractivity contribution in [1.82, 2.24) is 10.3 Å². The molecule has 0 saturated heterocycles. The summed E-state index contributed by atoms with van der Waals surface area (Å²) < 4.78 is 115.